The molecule has 1 aliphatic rings. The molecule has 0 unspecified atom stereocenters. The smallest absolute Gasteiger partial charge is 0.335 e. The van der Waals surface area contributed by atoms with E-state index in [1.807, 2.05) is 20.8 Å². The Morgan fingerprint density at radius 1 is 1.10 bits per heavy atom. The van der Waals surface area contributed by atoms with Crippen LogP contribution in [0.5, 0.6) is 0 Å². The van der Waals surface area contributed by atoms with Crippen LogP contribution in [0.25, 0.3) is 0 Å². The van der Waals surface area contributed by atoms with E-state index in [2.05, 4.69) is 33.9 Å². The summed E-state index contributed by atoms with van der Waals surface area (Å²) in [5, 5.41) is 0.189. The van der Waals surface area contributed by atoms with Crippen LogP contribution in [0.2, 0.25) is 18.1 Å². The molecule has 1 heterocycles. The summed E-state index contributed by atoms with van der Waals surface area (Å²) in [6.45, 7) is 17.3. The number of carbonyl (C=O) groups excluding carboxylic acids is 1. The summed E-state index contributed by atoms with van der Waals surface area (Å²) in [4.78, 5) is 12.0. The van der Waals surface area contributed by atoms with Gasteiger partial charge in [0.25, 0.3) is 0 Å². The van der Waals surface area contributed by atoms with Gasteiger partial charge in [0.05, 0.1) is 12.7 Å². The molecular weight excluding hydrogens is 284 g/mol. The van der Waals surface area contributed by atoms with E-state index in [1.165, 1.54) is 0 Å². The van der Waals surface area contributed by atoms with Crippen LogP contribution < -0.4 is 0 Å². The van der Waals surface area contributed by atoms with Crippen LogP contribution in [0.1, 0.15) is 54.4 Å². The zero-order chi connectivity index (χ0) is 16.5. The molecule has 21 heavy (non-hydrogen) atoms. The molecule has 4 nitrogen and oxygen atoms in total. The lowest BCUT2D eigenvalue weighted by molar-refractivity contribution is -0.174. The fraction of sp³-hybridized carbons (Fsp3) is 0.938. The van der Waals surface area contributed by atoms with Crippen LogP contribution in [0.3, 0.4) is 0 Å². The Morgan fingerprint density at radius 2 is 1.67 bits per heavy atom. The number of ether oxygens (including phenoxy) is 2. The second-order valence-corrected chi connectivity index (χ2v) is 13.2. The van der Waals surface area contributed by atoms with Gasteiger partial charge in [-0.2, -0.15) is 0 Å². The predicted molar refractivity (Wildman–Crippen MR) is 86.9 cm³/mol. The molecule has 1 saturated heterocycles. The summed E-state index contributed by atoms with van der Waals surface area (Å²) in [7, 11) is -1.78. The zero-order valence-electron chi connectivity index (χ0n) is 14.9. The van der Waals surface area contributed by atoms with E-state index in [0.717, 1.165) is 6.42 Å². The van der Waals surface area contributed by atoms with Crippen molar-refractivity contribution in [3.05, 3.63) is 0 Å². The van der Waals surface area contributed by atoms with Gasteiger partial charge in [0.15, 0.2) is 14.4 Å². The molecule has 0 N–H and O–H groups in total. The van der Waals surface area contributed by atoms with Gasteiger partial charge >= 0.3 is 5.97 Å². The van der Waals surface area contributed by atoms with E-state index in [4.69, 9.17) is 13.9 Å². The molecule has 0 aromatic carbocycles. The van der Waals surface area contributed by atoms with Crippen molar-refractivity contribution in [1.29, 1.82) is 0 Å². The topological polar surface area (TPSA) is 44.8 Å². The molecule has 2 atom stereocenters. The molecule has 1 fully saturated rings. The van der Waals surface area contributed by atoms with E-state index >= 15 is 0 Å². The Hall–Kier alpha value is -0.393. The van der Waals surface area contributed by atoms with Crippen molar-refractivity contribution >= 4 is 14.3 Å². The average molecular weight is 317 g/mol. The zero-order valence-corrected chi connectivity index (χ0v) is 15.9. The molecule has 1 rings (SSSR count). The van der Waals surface area contributed by atoms with E-state index in [0.29, 0.717) is 13.0 Å². The van der Waals surface area contributed by atoms with Crippen molar-refractivity contribution in [3.8, 4) is 0 Å². The molecule has 0 saturated carbocycles. The average Bonchev–Trinajstić information content (AvgIpc) is 2.25. The van der Waals surface area contributed by atoms with E-state index in [1.54, 1.807) is 0 Å². The van der Waals surface area contributed by atoms with Crippen molar-refractivity contribution in [3.63, 3.8) is 0 Å². The minimum atomic E-state index is -1.78. The molecular formula is C16H32O4Si. The van der Waals surface area contributed by atoms with Gasteiger partial charge in [-0.1, -0.05) is 20.8 Å². The Labute approximate surface area is 130 Å². The number of rotatable bonds is 3. The maximum Gasteiger partial charge on any atom is 0.335 e. The van der Waals surface area contributed by atoms with Gasteiger partial charge in [-0.3, -0.25) is 0 Å². The van der Waals surface area contributed by atoms with Crippen molar-refractivity contribution in [2.24, 2.45) is 0 Å². The first kappa shape index (κ1) is 18.7. The molecule has 0 aromatic rings. The molecule has 0 spiro atoms. The Bertz CT molecular complexity index is 357. The van der Waals surface area contributed by atoms with Gasteiger partial charge in [-0.15, -0.1) is 0 Å². The molecule has 0 aromatic heterocycles. The first-order chi connectivity index (χ1) is 9.32. The molecule has 0 aliphatic carbocycles. The van der Waals surface area contributed by atoms with E-state index < -0.39 is 20.0 Å². The minimum absolute atomic E-state index is 0.101. The summed E-state index contributed by atoms with van der Waals surface area (Å²) in [5.74, 6) is -0.256. The highest BCUT2D eigenvalue weighted by Crippen LogP contribution is 2.38. The fourth-order valence-electron chi connectivity index (χ4n) is 1.97. The summed E-state index contributed by atoms with van der Waals surface area (Å²) in [6.07, 6.45) is 1.19. The normalized spacial score (nSPS) is 24.8. The number of carbonyl (C=O) groups is 1. The first-order valence-corrected chi connectivity index (χ1v) is 10.7. The standard InChI is InChI=1S/C16H32O4Si/c1-15(2,3)19-14(17)13-10-9-12(11-18-13)20-21(7,8)16(4,5)6/h12-13H,9-11H2,1-8H3/t12-,13+/m1/s1. The molecule has 0 radical (unpaired) electrons. The van der Waals surface area contributed by atoms with Crippen LogP contribution in [-0.4, -0.2) is 38.7 Å². The first-order valence-electron chi connectivity index (χ1n) is 7.84. The van der Waals surface area contributed by atoms with Gasteiger partial charge < -0.3 is 13.9 Å². The van der Waals surface area contributed by atoms with E-state index in [-0.39, 0.29) is 17.1 Å². The molecule has 0 bridgehead atoms. The van der Waals surface area contributed by atoms with Gasteiger partial charge in [0, 0.05) is 0 Å². The predicted octanol–water partition coefficient (Wildman–Crippen LogP) is 3.90. The highest BCUT2D eigenvalue weighted by Gasteiger charge is 2.40. The second-order valence-electron chi connectivity index (χ2n) is 8.43. The van der Waals surface area contributed by atoms with Crippen LogP contribution in [0, 0.1) is 0 Å². The third kappa shape index (κ3) is 5.72. The molecule has 1 aliphatic heterocycles. The molecule has 0 amide bonds. The van der Waals surface area contributed by atoms with Crippen LogP contribution in [0.15, 0.2) is 0 Å². The lowest BCUT2D eigenvalue weighted by Gasteiger charge is -2.41. The monoisotopic (exact) mass is 316 g/mol. The second kappa shape index (κ2) is 6.38. The Kier molecular flexibility index (Phi) is 5.67. The summed E-state index contributed by atoms with van der Waals surface area (Å²) >= 11 is 0. The van der Waals surface area contributed by atoms with Crippen LogP contribution >= 0.6 is 0 Å². The number of esters is 1. The van der Waals surface area contributed by atoms with Crippen molar-refractivity contribution < 1.29 is 18.7 Å². The summed E-state index contributed by atoms with van der Waals surface area (Å²) in [6, 6.07) is 0. The third-order valence-electron chi connectivity index (χ3n) is 4.17. The maximum atomic E-state index is 12.0. The van der Waals surface area contributed by atoms with Gasteiger partial charge in [-0.05, 0) is 51.7 Å². The van der Waals surface area contributed by atoms with Crippen LogP contribution in [-0.2, 0) is 18.7 Å². The molecule has 124 valence electrons. The lowest BCUT2D eigenvalue weighted by atomic mass is 10.1. The highest BCUT2D eigenvalue weighted by molar-refractivity contribution is 6.74. The van der Waals surface area contributed by atoms with Gasteiger partial charge in [0.1, 0.15) is 5.60 Å². The van der Waals surface area contributed by atoms with Gasteiger partial charge in [0.2, 0.25) is 0 Å². The summed E-state index contributed by atoms with van der Waals surface area (Å²) in [5.41, 5.74) is -0.463. The lowest BCUT2D eigenvalue weighted by Crippen LogP contribution is -2.47. The minimum Gasteiger partial charge on any atom is -0.458 e. The SMILES string of the molecule is CC(C)(C)OC(=O)[C@@H]1CC[C@@H](O[Si](C)(C)C(C)(C)C)CO1. The van der Waals surface area contributed by atoms with Gasteiger partial charge in [-0.25, -0.2) is 4.79 Å². The number of hydrogen-bond acceptors (Lipinski definition) is 4. The Morgan fingerprint density at radius 3 is 2.05 bits per heavy atom. The maximum absolute atomic E-state index is 12.0. The largest absolute Gasteiger partial charge is 0.458 e. The fourth-order valence-corrected chi connectivity index (χ4v) is 3.34. The third-order valence-corrected chi connectivity index (χ3v) is 8.71. The van der Waals surface area contributed by atoms with E-state index in [9.17, 15) is 4.79 Å². The number of hydrogen-bond donors (Lipinski definition) is 0. The highest BCUT2D eigenvalue weighted by atomic mass is 28.4. The van der Waals surface area contributed by atoms with Crippen molar-refractivity contribution in [2.45, 2.75) is 90.3 Å². The van der Waals surface area contributed by atoms with Crippen molar-refractivity contribution in [2.75, 3.05) is 6.61 Å². The quantitative estimate of drug-likeness (QED) is 0.585. The Balaban J connectivity index is 2.48. The summed E-state index contributed by atoms with van der Waals surface area (Å²) < 4.78 is 17.4. The van der Waals surface area contributed by atoms with Crippen molar-refractivity contribution in [1.82, 2.24) is 0 Å². The van der Waals surface area contributed by atoms with Crippen LogP contribution in [0.4, 0.5) is 0 Å². The molecule has 5 heteroatoms.